The van der Waals surface area contributed by atoms with E-state index in [0.717, 1.165) is 33.8 Å². The third-order valence-electron chi connectivity index (χ3n) is 3.04. The number of fused-ring (bicyclic) bond motifs is 1. The van der Waals surface area contributed by atoms with Crippen LogP contribution in [-0.2, 0) is 6.54 Å². The van der Waals surface area contributed by atoms with Crippen molar-refractivity contribution in [2.24, 2.45) is 0 Å². The number of aromatic nitrogens is 1. The third-order valence-corrected chi connectivity index (χ3v) is 3.51. The first kappa shape index (κ1) is 13.2. The van der Waals surface area contributed by atoms with Crippen molar-refractivity contribution >= 4 is 21.7 Å². The minimum Gasteiger partial charge on any atom is -0.490 e. The lowest BCUT2D eigenvalue weighted by molar-refractivity contribution is 0.296. The number of ether oxygens (including phenoxy) is 2. The van der Waals surface area contributed by atoms with Gasteiger partial charge in [0, 0.05) is 29.2 Å². The van der Waals surface area contributed by atoms with E-state index in [1.165, 1.54) is 0 Å². The molecule has 0 bridgehead atoms. The van der Waals surface area contributed by atoms with Gasteiger partial charge in [0.1, 0.15) is 5.82 Å². The summed E-state index contributed by atoms with van der Waals surface area (Å²) < 4.78 is 12.4. The van der Waals surface area contributed by atoms with Crippen LogP contribution in [0.1, 0.15) is 12.0 Å². The summed E-state index contributed by atoms with van der Waals surface area (Å²) in [5.74, 6) is 2.50. The van der Waals surface area contributed by atoms with Gasteiger partial charge in [-0.15, -0.1) is 0 Å². The van der Waals surface area contributed by atoms with Crippen LogP contribution in [0.25, 0.3) is 0 Å². The number of benzene rings is 1. The van der Waals surface area contributed by atoms with E-state index < -0.39 is 0 Å². The fourth-order valence-electron chi connectivity index (χ4n) is 2.06. The van der Waals surface area contributed by atoms with Gasteiger partial charge in [0.05, 0.1) is 13.2 Å². The van der Waals surface area contributed by atoms with E-state index in [1.807, 2.05) is 30.3 Å². The summed E-state index contributed by atoms with van der Waals surface area (Å²) in [6.45, 7) is 2.06. The summed E-state index contributed by atoms with van der Waals surface area (Å²) in [5, 5.41) is 3.29. The van der Waals surface area contributed by atoms with Gasteiger partial charge in [-0.3, -0.25) is 0 Å². The quantitative estimate of drug-likeness (QED) is 0.930. The smallest absolute Gasteiger partial charge is 0.166 e. The van der Waals surface area contributed by atoms with Crippen LogP contribution in [0.3, 0.4) is 0 Å². The molecule has 0 saturated heterocycles. The number of pyridine rings is 1. The topological polar surface area (TPSA) is 43.4 Å². The standard InChI is InChI=1S/C15H15BrN2O2/c16-12-5-6-14(18-10-12)17-9-11-3-1-4-13-15(11)20-8-2-7-19-13/h1,3-6,10H,2,7-9H2,(H,17,18). The maximum Gasteiger partial charge on any atom is 0.166 e. The molecule has 1 aromatic carbocycles. The van der Waals surface area contributed by atoms with Crippen molar-refractivity contribution < 1.29 is 9.47 Å². The highest BCUT2D eigenvalue weighted by atomic mass is 79.9. The van der Waals surface area contributed by atoms with Crippen LogP contribution in [0.15, 0.2) is 41.0 Å². The summed E-state index contributed by atoms with van der Waals surface area (Å²) in [5.41, 5.74) is 1.08. The monoisotopic (exact) mass is 334 g/mol. The van der Waals surface area contributed by atoms with E-state index in [9.17, 15) is 0 Å². The number of para-hydroxylation sites is 1. The van der Waals surface area contributed by atoms with Crippen LogP contribution in [0.4, 0.5) is 5.82 Å². The van der Waals surface area contributed by atoms with Crippen LogP contribution in [0.2, 0.25) is 0 Å². The second-order valence-electron chi connectivity index (χ2n) is 4.51. The zero-order valence-corrected chi connectivity index (χ0v) is 12.5. The molecule has 20 heavy (non-hydrogen) atoms. The van der Waals surface area contributed by atoms with Crippen molar-refractivity contribution in [3.05, 3.63) is 46.6 Å². The maximum absolute atomic E-state index is 5.79. The van der Waals surface area contributed by atoms with E-state index in [1.54, 1.807) is 6.20 Å². The highest BCUT2D eigenvalue weighted by Crippen LogP contribution is 2.33. The predicted molar refractivity (Wildman–Crippen MR) is 81.3 cm³/mol. The van der Waals surface area contributed by atoms with Gasteiger partial charge in [-0.1, -0.05) is 12.1 Å². The molecule has 1 aliphatic rings. The van der Waals surface area contributed by atoms with Crippen molar-refractivity contribution in [3.63, 3.8) is 0 Å². The summed E-state index contributed by atoms with van der Waals surface area (Å²) >= 11 is 3.37. The Morgan fingerprint density at radius 3 is 2.90 bits per heavy atom. The molecule has 0 unspecified atom stereocenters. The molecule has 0 saturated carbocycles. The van der Waals surface area contributed by atoms with Gasteiger partial charge < -0.3 is 14.8 Å². The number of hydrogen-bond acceptors (Lipinski definition) is 4. The lowest BCUT2D eigenvalue weighted by atomic mass is 10.2. The average molecular weight is 335 g/mol. The normalized spacial score (nSPS) is 13.7. The molecule has 0 fully saturated rings. The molecule has 1 aliphatic heterocycles. The van der Waals surface area contributed by atoms with E-state index in [-0.39, 0.29) is 0 Å². The number of anilines is 1. The van der Waals surface area contributed by atoms with Crippen LogP contribution in [0.5, 0.6) is 11.5 Å². The zero-order chi connectivity index (χ0) is 13.8. The van der Waals surface area contributed by atoms with Crippen LogP contribution in [0, 0.1) is 0 Å². The second-order valence-corrected chi connectivity index (χ2v) is 5.43. The largest absolute Gasteiger partial charge is 0.490 e. The van der Waals surface area contributed by atoms with Gasteiger partial charge in [0.15, 0.2) is 11.5 Å². The highest BCUT2D eigenvalue weighted by Gasteiger charge is 2.14. The van der Waals surface area contributed by atoms with Gasteiger partial charge in [-0.25, -0.2) is 4.98 Å². The Hall–Kier alpha value is -1.75. The molecule has 3 rings (SSSR count). The van der Waals surface area contributed by atoms with Gasteiger partial charge in [-0.05, 0) is 34.1 Å². The Balaban J connectivity index is 1.75. The molecule has 2 heterocycles. The maximum atomic E-state index is 5.79. The molecule has 0 aliphatic carbocycles. The van der Waals surface area contributed by atoms with E-state index in [2.05, 4.69) is 26.2 Å². The summed E-state index contributed by atoms with van der Waals surface area (Å²) in [6, 6.07) is 9.87. The predicted octanol–water partition coefficient (Wildman–Crippen LogP) is 3.62. The van der Waals surface area contributed by atoms with Crippen LogP contribution in [-0.4, -0.2) is 18.2 Å². The molecule has 5 heteroatoms. The van der Waals surface area contributed by atoms with Crippen molar-refractivity contribution in [2.75, 3.05) is 18.5 Å². The molecule has 0 atom stereocenters. The minimum absolute atomic E-state index is 0.654. The van der Waals surface area contributed by atoms with E-state index in [4.69, 9.17) is 9.47 Å². The van der Waals surface area contributed by atoms with Crippen molar-refractivity contribution in [1.29, 1.82) is 0 Å². The van der Waals surface area contributed by atoms with E-state index >= 15 is 0 Å². The molecular weight excluding hydrogens is 320 g/mol. The lowest BCUT2D eigenvalue weighted by Crippen LogP contribution is -2.04. The Labute approximate surface area is 126 Å². The Morgan fingerprint density at radius 1 is 1.15 bits per heavy atom. The first-order chi connectivity index (χ1) is 9.83. The third kappa shape index (κ3) is 3.04. The zero-order valence-electron chi connectivity index (χ0n) is 10.9. The summed E-state index contributed by atoms with van der Waals surface area (Å²) in [7, 11) is 0. The molecule has 1 N–H and O–H groups in total. The fraction of sp³-hybridized carbons (Fsp3) is 0.267. The summed E-state index contributed by atoms with van der Waals surface area (Å²) in [4.78, 5) is 4.29. The average Bonchev–Trinajstić information content (AvgIpc) is 2.72. The Morgan fingerprint density at radius 2 is 2.05 bits per heavy atom. The van der Waals surface area contributed by atoms with E-state index in [0.29, 0.717) is 19.8 Å². The molecule has 2 aromatic rings. The van der Waals surface area contributed by atoms with Gasteiger partial charge in [0.25, 0.3) is 0 Å². The number of hydrogen-bond donors (Lipinski definition) is 1. The van der Waals surface area contributed by atoms with Crippen molar-refractivity contribution in [2.45, 2.75) is 13.0 Å². The first-order valence-electron chi connectivity index (χ1n) is 6.56. The number of nitrogens with one attached hydrogen (secondary N) is 1. The number of halogens is 1. The van der Waals surface area contributed by atoms with Gasteiger partial charge >= 0.3 is 0 Å². The number of rotatable bonds is 3. The molecular formula is C15H15BrN2O2. The molecule has 104 valence electrons. The Kier molecular flexibility index (Phi) is 4.06. The van der Waals surface area contributed by atoms with Gasteiger partial charge in [-0.2, -0.15) is 0 Å². The molecule has 4 nitrogen and oxygen atoms in total. The molecule has 0 spiro atoms. The molecule has 1 aromatic heterocycles. The number of nitrogens with zero attached hydrogens (tertiary/aromatic N) is 1. The fourth-order valence-corrected chi connectivity index (χ4v) is 2.29. The van der Waals surface area contributed by atoms with Crippen molar-refractivity contribution in [3.8, 4) is 11.5 Å². The Bertz CT molecular complexity index is 587. The molecule has 0 amide bonds. The molecule has 0 radical (unpaired) electrons. The van der Waals surface area contributed by atoms with Crippen LogP contribution < -0.4 is 14.8 Å². The first-order valence-corrected chi connectivity index (χ1v) is 7.35. The minimum atomic E-state index is 0.654. The van der Waals surface area contributed by atoms with Crippen molar-refractivity contribution in [1.82, 2.24) is 4.98 Å². The SMILES string of the molecule is Brc1ccc(NCc2cccc3c2OCCCO3)nc1. The van der Waals surface area contributed by atoms with Crippen LogP contribution >= 0.6 is 15.9 Å². The second kappa shape index (κ2) is 6.13. The summed E-state index contributed by atoms with van der Waals surface area (Å²) in [6.07, 6.45) is 2.68. The van der Waals surface area contributed by atoms with Gasteiger partial charge in [0.2, 0.25) is 0 Å². The lowest BCUT2D eigenvalue weighted by Gasteiger charge is -2.13. The highest BCUT2D eigenvalue weighted by molar-refractivity contribution is 9.10.